The Hall–Kier alpha value is -3.45. The van der Waals surface area contributed by atoms with E-state index in [-0.39, 0.29) is 10.8 Å². The van der Waals surface area contributed by atoms with Crippen molar-refractivity contribution in [2.24, 2.45) is 5.10 Å². The molecular formula is C22H21N3O3S. The summed E-state index contributed by atoms with van der Waals surface area (Å²) in [4.78, 5) is 12.3. The number of hydrogen-bond donors (Lipinski definition) is 2. The lowest BCUT2D eigenvalue weighted by Gasteiger charge is -2.09. The molecule has 0 atom stereocenters. The van der Waals surface area contributed by atoms with Crippen LogP contribution < -0.4 is 10.1 Å². The molecule has 0 saturated carbocycles. The van der Waals surface area contributed by atoms with Crippen molar-refractivity contribution >= 4 is 27.3 Å². The first-order valence-electron chi connectivity index (χ1n) is 8.95. The van der Waals surface area contributed by atoms with Crippen LogP contribution in [0.5, 0.6) is 0 Å². The number of sulfonamides is 1. The van der Waals surface area contributed by atoms with Crippen molar-refractivity contribution in [2.75, 3.05) is 4.72 Å². The summed E-state index contributed by atoms with van der Waals surface area (Å²) in [7, 11) is -3.65. The van der Waals surface area contributed by atoms with Crippen LogP contribution in [0.2, 0.25) is 0 Å². The van der Waals surface area contributed by atoms with Gasteiger partial charge in [-0.25, -0.2) is 13.8 Å². The lowest BCUT2D eigenvalue weighted by molar-refractivity contribution is 0.0955. The highest BCUT2D eigenvalue weighted by Gasteiger charge is 2.13. The van der Waals surface area contributed by atoms with Crippen LogP contribution >= 0.6 is 0 Å². The van der Waals surface area contributed by atoms with Crippen LogP contribution in [0.4, 0.5) is 5.69 Å². The first-order valence-corrected chi connectivity index (χ1v) is 10.4. The summed E-state index contributed by atoms with van der Waals surface area (Å²) in [5.41, 5.74) is 5.82. The molecule has 2 N–H and O–H groups in total. The Bertz CT molecular complexity index is 1120. The topological polar surface area (TPSA) is 87.6 Å². The largest absolute Gasteiger partial charge is 0.280 e. The Morgan fingerprint density at radius 3 is 2.07 bits per heavy atom. The SMILES string of the molecule is C/C(=N\NC(=O)c1ccccc1)c1ccc(NS(=O)(=O)c2ccc(C)cc2)cc1. The molecule has 0 fully saturated rings. The number of aryl methyl sites for hydroxylation is 1. The van der Waals surface area contributed by atoms with Crippen molar-refractivity contribution in [1.29, 1.82) is 0 Å². The predicted octanol–water partition coefficient (Wildman–Crippen LogP) is 3.95. The summed E-state index contributed by atoms with van der Waals surface area (Å²) < 4.78 is 27.5. The molecule has 3 aromatic rings. The molecule has 3 rings (SSSR count). The number of carbonyl (C=O) groups is 1. The van der Waals surface area contributed by atoms with E-state index in [0.717, 1.165) is 11.1 Å². The fourth-order valence-corrected chi connectivity index (χ4v) is 3.62. The standard InChI is InChI=1S/C22H21N3O3S/c1-16-8-14-21(15-9-16)29(27,28)25-20-12-10-18(11-13-20)17(2)23-24-22(26)19-6-4-3-5-7-19/h3-15,25H,1-2H3,(H,24,26)/b23-17+. The zero-order valence-electron chi connectivity index (χ0n) is 16.1. The number of hydrogen-bond acceptors (Lipinski definition) is 4. The quantitative estimate of drug-likeness (QED) is 0.479. The number of amides is 1. The average molecular weight is 407 g/mol. The van der Waals surface area contributed by atoms with Crippen LogP contribution in [0, 0.1) is 6.92 Å². The van der Waals surface area contributed by atoms with Gasteiger partial charge in [0, 0.05) is 11.3 Å². The van der Waals surface area contributed by atoms with Crippen LogP contribution in [0.3, 0.4) is 0 Å². The molecule has 0 heterocycles. The molecule has 0 saturated heterocycles. The monoisotopic (exact) mass is 407 g/mol. The fourth-order valence-electron chi connectivity index (χ4n) is 2.56. The van der Waals surface area contributed by atoms with E-state index in [0.29, 0.717) is 17.0 Å². The van der Waals surface area contributed by atoms with Crippen LogP contribution in [0.25, 0.3) is 0 Å². The highest BCUT2D eigenvalue weighted by molar-refractivity contribution is 7.92. The molecule has 0 bridgehead atoms. The van der Waals surface area contributed by atoms with Gasteiger partial charge in [-0.1, -0.05) is 48.0 Å². The minimum absolute atomic E-state index is 0.202. The maximum absolute atomic E-state index is 12.5. The Kier molecular flexibility index (Phi) is 6.09. The minimum Gasteiger partial charge on any atom is -0.280 e. The summed E-state index contributed by atoms with van der Waals surface area (Å²) in [5.74, 6) is -0.299. The van der Waals surface area contributed by atoms with Crippen molar-refractivity contribution in [3.8, 4) is 0 Å². The molecule has 0 unspecified atom stereocenters. The highest BCUT2D eigenvalue weighted by atomic mass is 32.2. The van der Waals surface area contributed by atoms with Gasteiger partial charge < -0.3 is 0 Å². The maximum Gasteiger partial charge on any atom is 0.271 e. The molecule has 0 aliphatic carbocycles. The molecule has 148 valence electrons. The molecule has 3 aromatic carbocycles. The number of hydrazone groups is 1. The van der Waals surface area contributed by atoms with Gasteiger partial charge in [-0.2, -0.15) is 5.10 Å². The Balaban J connectivity index is 1.67. The van der Waals surface area contributed by atoms with Crippen molar-refractivity contribution in [2.45, 2.75) is 18.7 Å². The van der Waals surface area contributed by atoms with E-state index in [1.54, 1.807) is 79.7 Å². The minimum atomic E-state index is -3.65. The molecule has 1 amide bonds. The Labute approximate surface area is 170 Å². The summed E-state index contributed by atoms with van der Waals surface area (Å²) in [6.07, 6.45) is 0. The first-order chi connectivity index (χ1) is 13.8. The molecule has 29 heavy (non-hydrogen) atoms. The normalized spacial score (nSPS) is 11.7. The number of carbonyl (C=O) groups excluding carboxylic acids is 1. The molecule has 0 aliphatic heterocycles. The van der Waals surface area contributed by atoms with Gasteiger partial charge in [-0.05, 0) is 55.8 Å². The smallest absolute Gasteiger partial charge is 0.271 e. The summed E-state index contributed by atoms with van der Waals surface area (Å²) in [5, 5.41) is 4.11. The van der Waals surface area contributed by atoms with E-state index in [1.165, 1.54) is 0 Å². The molecule has 0 aliphatic rings. The second-order valence-corrected chi connectivity index (χ2v) is 8.18. The van der Waals surface area contributed by atoms with E-state index < -0.39 is 10.0 Å². The lowest BCUT2D eigenvalue weighted by Crippen LogP contribution is -2.19. The lowest BCUT2D eigenvalue weighted by atomic mass is 10.1. The fraction of sp³-hybridized carbons (Fsp3) is 0.0909. The van der Waals surface area contributed by atoms with Gasteiger partial charge in [0.1, 0.15) is 0 Å². The average Bonchev–Trinajstić information content (AvgIpc) is 2.73. The third-order valence-corrected chi connectivity index (χ3v) is 5.64. The van der Waals surface area contributed by atoms with Crippen molar-refractivity contribution < 1.29 is 13.2 Å². The third-order valence-electron chi connectivity index (χ3n) is 4.25. The zero-order valence-corrected chi connectivity index (χ0v) is 16.9. The van der Waals surface area contributed by atoms with Gasteiger partial charge >= 0.3 is 0 Å². The highest BCUT2D eigenvalue weighted by Crippen LogP contribution is 2.17. The summed E-state index contributed by atoms with van der Waals surface area (Å²) in [6.45, 7) is 3.66. The van der Waals surface area contributed by atoms with E-state index >= 15 is 0 Å². The summed E-state index contributed by atoms with van der Waals surface area (Å²) >= 11 is 0. The molecule has 0 spiro atoms. The third kappa shape index (κ3) is 5.30. The van der Waals surface area contributed by atoms with Crippen LogP contribution in [0.1, 0.15) is 28.4 Å². The van der Waals surface area contributed by atoms with Crippen LogP contribution in [-0.2, 0) is 10.0 Å². The van der Waals surface area contributed by atoms with Crippen molar-refractivity contribution in [1.82, 2.24) is 5.43 Å². The Morgan fingerprint density at radius 2 is 1.45 bits per heavy atom. The number of nitrogens with zero attached hydrogens (tertiary/aromatic N) is 1. The first kappa shape index (κ1) is 20.3. The number of nitrogens with one attached hydrogen (secondary N) is 2. The van der Waals surface area contributed by atoms with Crippen molar-refractivity contribution in [3.05, 3.63) is 95.6 Å². The van der Waals surface area contributed by atoms with Crippen molar-refractivity contribution in [3.63, 3.8) is 0 Å². The molecule has 0 radical (unpaired) electrons. The van der Waals surface area contributed by atoms with Crippen LogP contribution in [0.15, 0.2) is 88.9 Å². The number of rotatable bonds is 6. The molecular weight excluding hydrogens is 386 g/mol. The number of anilines is 1. The van der Waals surface area contributed by atoms with Crippen LogP contribution in [-0.4, -0.2) is 20.0 Å². The van der Waals surface area contributed by atoms with Gasteiger partial charge in [0.15, 0.2) is 0 Å². The second kappa shape index (κ2) is 8.70. The van der Waals surface area contributed by atoms with E-state index in [4.69, 9.17) is 0 Å². The van der Waals surface area contributed by atoms with E-state index in [1.807, 2.05) is 13.0 Å². The Morgan fingerprint density at radius 1 is 0.828 bits per heavy atom. The van der Waals surface area contributed by atoms with Gasteiger partial charge in [0.2, 0.25) is 0 Å². The molecule has 0 aromatic heterocycles. The van der Waals surface area contributed by atoms with Gasteiger partial charge in [0.05, 0.1) is 10.6 Å². The van der Waals surface area contributed by atoms with E-state index in [9.17, 15) is 13.2 Å². The van der Waals surface area contributed by atoms with Gasteiger partial charge in [-0.15, -0.1) is 0 Å². The number of benzene rings is 3. The maximum atomic E-state index is 12.5. The second-order valence-electron chi connectivity index (χ2n) is 6.50. The molecule has 7 heteroatoms. The predicted molar refractivity (Wildman–Crippen MR) is 115 cm³/mol. The van der Waals surface area contributed by atoms with Gasteiger partial charge in [0.25, 0.3) is 15.9 Å². The van der Waals surface area contributed by atoms with Gasteiger partial charge in [-0.3, -0.25) is 9.52 Å². The zero-order chi connectivity index (χ0) is 20.9. The van der Waals surface area contributed by atoms with E-state index in [2.05, 4.69) is 15.2 Å². The molecule has 6 nitrogen and oxygen atoms in total. The summed E-state index contributed by atoms with van der Waals surface area (Å²) in [6, 6.07) is 22.2.